The van der Waals surface area contributed by atoms with Crippen LogP contribution in [0.3, 0.4) is 0 Å². The lowest BCUT2D eigenvalue weighted by molar-refractivity contribution is 0.158. The standard InChI is InChI=1S/C11H23N3/c1-13-6-3-5-11(13)9-14-7-2-4-10(12)8-14/h10-11H,2-9,12H2,1H3. The summed E-state index contributed by atoms with van der Waals surface area (Å²) in [6, 6.07) is 1.22. The van der Waals surface area contributed by atoms with Gasteiger partial charge in [0, 0.05) is 25.2 Å². The normalized spacial score (nSPS) is 36.4. The van der Waals surface area contributed by atoms with Gasteiger partial charge in [0.15, 0.2) is 0 Å². The summed E-state index contributed by atoms with van der Waals surface area (Å²) < 4.78 is 0. The van der Waals surface area contributed by atoms with Crippen LogP contribution in [0.15, 0.2) is 0 Å². The van der Waals surface area contributed by atoms with Gasteiger partial charge in [-0.2, -0.15) is 0 Å². The number of rotatable bonds is 2. The van der Waals surface area contributed by atoms with Gasteiger partial charge in [-0.3, -0.25) is 0 Å². The first-order valence-electron chi connectivity index (χ1n) is 5.94. The molecular formula is C11H23N3. The van der Waals surface area contributed by atoms with Crippen molar-refractivity contribution in [3.05, 3.63) is 0 Å². The molecule has 0 amide bonds. The van der Waals surface area contributed by atoms with Crippen LogP contribution in [0, 0.1) is 0 Å². The van der Waals surface area contributed by atoms with Crippen LogP contribution in [0.2, 0.25) is 0 Å². The van der Waals surface area contributed by atoms with E-state index in [0.717, 1.165) is 12.6 Å². The molecule has 0 aromatic carbocycles. The van der Waals surface area contributed by atoms with E-state index < -0.39 is 0 Å². The van der Waals surface area contributed by atoms with Crippen LogP contribution in [-0.4, -0.2) is 55.1 Å². The average molecular weight is 197 g/mol. The van der Waals surface area contributed by atoms with Crippen molar-refractivity contribution in [2.24, 2.45) is 5.73 Å². The Hall–Kier alpha value is -0.120. The molecule has 2 saturated heterocycles. The molecule has 0 saturated carbocycles. The highest BCUT2D eigenvalue weighted by Gasteiger charge is 2.25. The monoisotopic (exact) mass is 197 g/mol. The minimum atomic E-state index is 0.426. The molecule has 2 aliphatic heterocycles. The maximum Gasteiger partial charge on any atom is 0.0220 e. The zero-order valence-electron chi connectivity index (χ0n) is 9.28. The molecule has 0 aromatic rings. The van der Waals surface area contributed by atoms with Gasteiger partial charge in [0.1, 0.15) is 0 Å². The van der Waals surface area contributed by atoms with E-state index in [4.69, 9.17) is 5.73 Å². The van der Waals surface area contributed by atoms with E-state index in [2.05, 4.69) is 16.8 Å². The third-order valence-electron chi connectivity index (χ3n) is 3.68. The summed E-state index contributed by atoms with van der Waals surface area (Å²) in [5.74, 6) is 0. The molecule has 0 spiro atoms. The summed E-state index contributed by atoms with van der Waals surface area (Å²) in [5, 5.41) is 0. The first-order valence-corrected chi connectivity index (χ1v) is 5.94. The average Bonchev–Trinajstić information content (AvgIpc) is 2.52. The van der Waals surface area contributed by atoms with Crippen LogP contribution in [-0.2, 0) is 0 Å². The minimum Gasteiger partial charge on any atom is -0.327 e. The second kappa shape index (κ2) is 4.60. The highest BCUT2D eigenvalue weighted by Crippen LogP contribution is 2.17. The summed E-state index contributed by atoms with van der Waals surface area (Å²) in [6.07, 6.45) is 5.26. The SMILES string of the molecule is CN1CCCC1CN1CCCC(N)C1. The minimum absolute atomic E-state index is 0.426. The van der Waals surface area contributed by atoms with E-state index in [9.17, 15) is 0 Å². The number of nitrogens with two attached hydrogens (primary N) is 1. The molecule has 2 rings (SSSR count). The zero-order valence-corrected chi connectivity index (χ0v) is 9.28. The van der Waals surface area contributed by atoms with Gasteiger partial charge in [0.05, 0.1) is 0 Å². The van der Waals surface area contributed by atoms with Crippen molar-refractivity contribution >= 4 is 0 Å². The molecule has 2 fully saturated rings. The van der Waals surface area contributed by atoms with Crippen LogP contribution in [0.1, 0.15) is 25.7 Å². The Kier molecular flexibility index (Phi) is 3.42. The summed E-state index contributed by atoms with van der Waals surface area (Å²) in [7, 11) is 2.25. The Morgan fingerprint density at radius 1 is 1.21 bits per heavy atom. The van der Waals surface area contributed by atoms with Gasteiger partial charge < -0.3 is 15.5 Å². The Labute approximate surface area is 87.2 Å². The summed E-state index contributed by atoms with van der Waals surface area (Å²) >= 11 is 0. The highest BCUT2D eigenvalue weighted by atomic mass is 15.2. The van der Waals surface area contributed by atoms with Crippen LogP contribution < -0.4 is 5.73 Å². The van der Waals surface area contributed by atoms with Gasteiger partial charge in [0.25, 0.3) is 0 Å². The van der Waals surface area contributed by atoms with Crippen molar-refractivity contribution in [2.45, 2.75) is 37.8 Å². The Morgan fingerprint density at radius 3 is 2.64 bits per heavy atom. The van der Waals surface area contributed by atoms with Crippen molar-refractivity contribution in [3.63, 3.8) is 0 Å². The Morgan fingerprint density at radius 2 is 2.00 bits per heavy atom. The van der Waals surface area contributed by atoms with Crippen molar-refractivity contribution in [2.75, 3.05) is 33.2 Å². The van der Waals surface area contributed by atoms with Gasteiger partial charge >= 0.3 is 0 Å². The molecule has 2 atom stereocenters. The van der Waals surface area contributed by atoms with Crippen LogP contribution >= 0.6 is 0 Å². The number of piperidine rings is 1. The lowest BCUT2D eigenvalue weighted by Crippen LogP contribution is -2.47. The first-order chi connectivity index (χ1) is 6.75. The molecule has 2 heterocycles. The Balaban J connectivity index is 1.78. The fourth-order valence-electron chi connectivity index (χ4n) is 2.77. The smallest absolute Gasteiger partial charge is 0.0220 e. The van der Waals surface area contributed by atoms with Gasteiger partial charge in [0.2, 0.25) is 0 Å². The van der Waals surface area contributed by atoms with Crippen molar-refractivity contribution in [1.29, 1.82) is 0 Å². The molecule has 0 bridgehead atoms. The van der Waals surface area contributed by atoms with Gasteiger partial charge in [-0.25, -0.2) is 0 Å². The van der Waals surface area contributed by atoms with E-state index in [1.54, 1.807) is 0 Å². The summed E-state index contributed by atoms with van der Waals surface area (Å²) in [4.78, 5) is 5.06. The third-order valence-corrected chi connectivity index (χ3v) is 3.68. The molecular weight excluding hydrogens is 174 g/mol. The van der Waals surface area contributed by atoms with Gasteiger partial charge in [-0.1, -0.05) is 0 Å². The topological polar surface area (TPSA) is 32.5 Å². The molecule has 3 nitrogen and oxygen atoms in total. The molecule has 0 aliphatic carbocycles. The van der Waals surface area contributed by atoms with E-state index in [-0.39, 0.29) is 0 Å². The molecule has 14 heavy (non-hydrogen) atoms. The maximum absolute atomic E-state index is 5.98. The van der Waals surface area contributed by atoms with Crippen LogP contribution in [0.4, 0.5) is 0 Å². The summed E-state index contributed by atoms with van der Waals surface area (Å²) in [5.41, 5.74) is 5.98. The maximum atomic E-state index is 5.98. The second-order valence-corrected chi connectivity index (χ2v) is 4.94. The highest BCUT2D eigenvalue weighted by molar-refractivity contribution is 4.83. The van der Waals surface area contributed by atoms with Crippen molar-refractivity contribution in [3.8, 4) is 0 Å². The number of nitrogens with zero attached hydrogens (tertiary/aromatic N) is 2. The lowest BCUT2D eigenvalue weighted by atomic mass is 10.1. The van der Waals surface area contributed by atoms with Crippen LogP contribution in [0.5, 0.6) is 0 Å². The zero-order chi connectivity index (χ0) is 9.97. The predicted octanol–water partition coefficient (Wildman–Crippen LogP) is 0.504. The molecule has 2 unspecified atom stereocenters. The molecule has 0 radical (unpaired) electrons. The fraction of sp³-hybridized carbons (Fsp3) is 1.00. The van der Waals surface area contributed by atoms with Crippen LogP contribution in [0.25, 0.3) is 0 Å². The lowest BCUT2D eigenvalue weighted by Gasteiger charge is -2.34. The van der Waals surface area contributed by atoms with E-state index >= 15 is 0 Å². The number of hydrogen-bond donors (Lipinski definition) is 1. The van der Waals surface area contributed by atoms with E-state index in [1.165, 1.54) is 45.3 Å². The number of likely N-dealkylation sites (tertiary alicyclic amines) is 2. The molecule has 2 aliphatic rings. The predicted molar refractivity (Wildman–Crippen MR) is 59.3 cm³/mol. The largest absolute Gasteiger partial charge is 0.327 e. The summed E-state index contributed by atoms with van der Waals surface area (Å²) in [6.45, 7) is 4.90. The number of likely N-dealkylation sites (N-methyl/N-ethyl adjacent to an activating group) is 1. The fourth-order valence-corrected chi connectivity index (χ4v) is 2.77. The van der Waals surface area contributed by atoms with Gasteiger partial charge in [-0.15, -0.1) is 0 Å². The Bertz CT molecular complexity index is 183. The van der Waals surface area contributed by atoms with Gasteiger partial charge in [-0.05, 0) is 45.8 Å². The third kappa shape index (κ3) is 2.47. The molecule has 2 N–H and O–H groups in total. The second-order valence-electron chi connectivity index (χ2n) is 4.94. The molecule has 0 aromatic heterocycles. The van der Waals surface area contributed by atoms with E-state index in [1.807, 2.05) is 0 Å². The van der Waals surface area contributed by atoms with Crippen molar-refractivity contribution in [1.82, 2.24) is 9.80 Å². The first kappa shape index (κ1) is 10.4. The number of hydrogen-bond acceptors (Lipinski definition) is 3. The van der Waals surface area contributed by atoms with E-state index in [0.29, 0.717) is 6.04 Å². The van der Waals surface area contributed by atoms with Crippen molar-refractivity contribution < 1.29 is 0 Å². The molecule has 3 heteroatoms. The quantitative estimate of drug-likeness (QED) is 0.700. The molecule has 82 valence electrons.